The third-order valence-corrected chi connectivity index (χ3v) is 5.89. The van der Waals surface area contributed by atoms with Crippen molar-refractivity contribution in [3.63, 3.8) is 0 Å². The monoisotopic (exact) mass is 262 g/mol. The summed E-state index contributed by atoms with van der Waals surface area (Å²) in [6.45, 7) is 0. The molecule has 0 bridgehead atoms. The van der Waals surface area contributed by atoms with Crippen molar-refractivity contribution in [3.8, 4) is 0 Å². The second-order valence-electron chi connectivity index (χ2n) is 5.71. The van der Waals surface area contributed by atoms with Crippen LogP contribution in [0.15, 0.2) is 36.4 Å². The summed E-state index contributed by atoms with van der Waals surface area (Å²) in [6, 6.07) is 14.4. The van der Waals surface area contributed by atoms with E-state index in [1.165, 1.54) is 56.3 Å². The molecule has 0 spiro atoms. The van der Waals surface area contributed by atoms with Crippen LogP contribution in [-0.4, -0.2) is 9.52 Å². The molecule has 94 valence electrons. The lowest BCUT2D eigenvalue weighted by molar-refractivity contribution is 0.615. The van der Waals surface area contributed by atoms with Gasteiger partial charge in [-0.1, -0.05) is 54.6 Å². The Morgan fingerprint density at radius 3 is 2.79 bits per heavy atom. The van der Waals surface area contributed by atoms with Gasteiger partial charge in [0, 0.05) is 9.52 Å². The van der Waals surface area contributed by atoms with Gasteiger partial charge in [0.25, 0.3) is 0 Å². The van der Waals surface area contributed by atoms with Crippen LogP contribution < -0.4 is 0 Å². The summed E-state index contributed by atoms with van der Waals surface area (Å²) in [5.74, 6) is 0.802. The highest BCUT2D eigenvalue weighted by atomic mass is 28.2. The Balaban J connectivity index is 1.93. The van der Waals surface area contributed by atoms with E-state index in [9.17, 15) is 0 Å². The summed E-state index contributed by atoms with van der Waals surface area (Å²) in [6.07, 6.45) is 8.60. The van der Waals surface area contributed by atoms with Crippen molar-refractivity contribution >= 4 is 26.4 Å². The van der Waals surface area contributed by atoms with Crippen LogP contribution in [0.5, 0.6) is 0 Å². The van der Waals surface area contributed by atoms with Crippen molar-refractivity contribution in [2.24, 2.45) is 0 Å². The molecule has 0 aromatic heterocycles. The molecular weight excluding hydrogens is 244 g/mol. The Hall–Kier alpha value is -1.34. The quantitative estimate of drug-likeness (QED) is 0.646. The highest BCUT2D eigenvalue weighted by Crippen LogP contribution is 2.38. The Labute approximate surface area is 117 Å². The van der Waals surface area contributed by atoms with Gasteiger partial charge in [0.05, 0.1) is 0 Å². The molecule has 0 saturated carbocycles. The second kappa shape index (κ2) is 4.64. The lowest BCUT2D eigenvalue weighted by Gasteiger charge is -2.25. The standard InChI is InChI=1S/C18H18Si/c1-3-14-5-2-6-17-16(13-9-11-19-12-10-13)8-7-15(4-1)18(14)17/h1-4,6-8,13H,5,9-12H2. The van der Waals surface area contributed by atoms with Gasteiger partial charge in [-0.15, -0.1) is 0 Å². The molecular formula is C18H18Si. The lowest BCUT2D eigenvalue weighted by atomic mass is 9.83. The predicted molar refractivity (Wildman–Crippen MR) is 84.0 cm³/mol. The van der Waals surface area contributed by atoms with Gasteiger partial charge in [-0.2, -0.15) is 0 Å². The topological polar surface area (TPSA) is 0 Å². The first-order valence-electron chi connectivity index (χ1n) is 7.35. The third-order valence-electron chi connectivity index (χ3n) is 4.61. The van der Waals surface area contributed by atoms with Crippen molar-refractivity contribution in [3.05, 3.63) is 53.1 Å². The van der Waals surface area contributed by atoms with Crippen LogP contribution >= 0.6 is 0 Å². The third kappa shape index (κ3) is 1.88. The van der Waals surface area contributed by atoms with E-state index in [0.717, 1.165) is 12.3 Å². The van der Waals surface area contributed by atoms with Crippen LogP contribution in [0.3, 0.4) is 0 Å². The van der Waals surface area contributed by atoms with Crippen LogP contribution in [0.2, 0.25) is 12.1 Å². The number of hydrogen-bond acceptors (Lipinski definition) is 0. The van der Waals surface area contributed by atoms with Crippen LogP contribution in [-0.2, 0) is 6.42 Å². The van der Waals surface area contributed by atoms with E-state index in [0.29, 0.717) is 0 Å². The molecule has 2 aliphatic rings. The van der Waals surface area contributed by atoms with E-state index in [1.807, 2.05) is 0 Å². The van der Waals surface area contributed by atoms with Crippen LogP contribution in [0.25, 0.3) is 16.8 Å². The van der Waals surface area contributed by atoms with Crippen molar-refractivity contribution < 1.29 is 0 Å². The summed E-state index contributed by atoms with van der Waals surface area (Å²) in [7, 11) is 1.20. The maximum absolute atomic E-state index is 2.40. The van der Waals surface area contributed by atoms with Crippen molar-refractivity contribution in [1.82, 2.24) is 0 Å². The Kier molecular flexibility index (Phi) is 2.81. The van der Waals surface area contributed by atoms with Gasteiger partial charge in [-0.3, -0.25) is 0 Å². The van der Waals surface area contributed by atoms with Crippen molar-refractivity contribution in [2.45, 2.75) is 37.3 Å². The number of hydrogen-bond donors (Lipinski definition) is 0. The van der Waals surface area contributed by atoms with E-state index in [4.69, 9.17) is 0 Å². The van der Waals surface area contributed by atoms with Crippen LogP contribution in [0.1, 0.15) is 35.4 Å². The average molecular weight is 262 g/mol. The zero-order valence-corrected chi connectivity index (χ0v) is 12.2. The maximum Gasteiger partial charge on any atom is 0.0378 e. The molecule has 1 saturated heterocycles. The van der Waals surface area contributed by atoms with Gasteiger partial charge in [-0.05, 0) is 52.6 Å². The molecule has 1 heterocycles. The summed E-state index contributed by atoms with van der Waals surface area (Å²) < 4.78 is 0. The van der Waals surface area contributed by atoms with Gasteiger partial charge >= 0.3 is 0 Å². The van der Waals surface area contributed by atoms with Crippen molar-refractivity contribution in [2.75, 3.05) is 0 Å². The maximum atomic E-state index is 2.40. The molecule has 0 N–H and O–H groups in total. The molecule has 0 unspecified atom stereocenters. The molecule has 1 fully saturated rings. The van der Waals surface area contributed by atoms with E-state index >= 15 is 0 Å². The predicted octanol–water partition coefficient (Wildman–Crippen LogP) is 4.83. The Morgan fingerprint density at radius 1 is 1.00 bits per heavy atom. The molecule has 2 aromatic carbocycles. The summed E-state index contributed by atoms with van der Waals surface area (Å²) in [5, 5.41) is 2.94. The molecule has 1 heteroatoms. The molecule has 2 radical (unpaired) electrons. The molecule has 0 atom stereocenters. The second-order valence-corrected chi connectivity index (χ2v) is 7.21. The summed E-state index contributed by atoms with van der Waals surface area (Å²) >= 11 is 0. The number of benzene rings is 2. The zero-order valence-electron chi connectivity index (χ0n) is 11.2. The smallest absolute Gasteiger partial charge is 0.0378 e. The number of allylic oxidation sites excluding steroid dienone is 1. The van der Waals surface area contributed by atoms with Crippen molar-refractivity contribution in [1.29, 1.82) is 0 Å². The largest absolute Gasteiger partial charge is 0.0795 e. The minimum absolute atomic E-state index is 0.802. The molecule has 19 heavy (non-hydrogen) atoms. The van der Waals surface area contributed by atoms with E-state index in [1.54, 1.807) is 5.56 Å². The first kappa shape index (κ1) is 11.5. The Morgan fingerprint density at radius 2 is 1.89 bits per heavy atom. The highest BCUT2D eigenvalue weighted by Gasteiger charge is 2.20. The molecule has 0 nitrogen and oxygen atoms in total. The van der Waals surface area contributed by atoms with Gasteiger partial charge in [0.15, 0.2) is 0 Å². The van der Waals surface area contributed by atoms with E-state index in [2.05, 4.69) is 42.5 Å². The first-order chi connectivity index (χ1) is 9.43. The lowest BCUT2D eigenvalue weighted by Crippen LogP contribution is -2.10. The first-order valence-corrected chi connectivity index (χ1v) is 8.77. The molecule has 1 aliphatic heterocycles. The normalized spacial score (nSPS) is 18.9. The Bertz CT molecular complexity index is 648. The van der Waals surface area contributed by atoms with E-state index in [-0.39, 0.29) is 0 Å². The zero-order chi connectivity index (χ0) is 12.7. The van der Waals surface area contributed by atoms with Crippen LogP contribution in [0, 0.1) is 0 Å². The summed E-state index contributed by atoms with van der Waals surface area (Å²) in [4.78, 5) is 0. The summed E-state index contributed by atoms with van der Waals surface area (Å²) in [5.41, 5.74) is 4.64. The van der Waals surface area contributed by atoms with Gasteiger partial charge in [-0.25, -0.2) is 0 Å². The molecule has 0 amide bonds. The van der Waals surface area contributed by atoms with Gasteiger partial charge in [0.2, 0.25) is 0 Å². The molecule has 4 rings (SSSR count). The SMILES string of the molecule is C1=Cc2c(C3CC[Si]CC3)ccc3cccc(c23)C1. The fraction of sp³-hybridized carbons (Fsp3) is 0.333. The average Bonchev–Trinajstić information content (AvgIpc) is 2.49. The minimum atomic E-state index is 0.802. The van der Waals surface area contributed by atoms with E-state index < -0.39 is 0 Å². The molecule has 2 aromatic rings. The number of rotatable bonds is 1. The molecule has 1 aliphatic carbocycles. The minimum Gasteiger partial charge on any atom is -0.0795 e. The fourth-order valence-electron chi connectivity index (χ4n) is 3.64. The fourth-order valence-corrected chi connectivity index (χ4v) is 5.00. The van der Waals surface area contributed by atoms with Crippen LogP contribution in [0.4, 0.5) is 0 Å². The van der Waals surface area contributed by atoms with Gasteiger partial charge in [0.1, 0.15) is 0 Å². The van der Waals surface area contributed by atoms with Gasteiger partial charge < -0.3 is 0 Å². The highest BCUT2D eigenvalue weighted by molar-refractivity contribution is 6.35.